The van der Waals surface area contributed by atoms with Crippen molar-refractivity contribution in [3.8, 4) is 0 Å². The van der Waals surface area contributed by atoms with Crippen molar-refractivity contribution >= 4 is 5.97 Å². The highest BCUT2D eigenvalue weighted by Gasteiger charge is 1.89. The van der Waals surface area contributed by atoms with Gasteiger partial charge in [0.1, 0.15) is 0 Å². The van der Waals surface area contributed by atoms with Crippen LogP contribution in [0, 0.1) is 0 Å². The molecule has 0 rings (SSSR count). The molecule has 0 unspecified atom stereocenters. The van der Waals surface area contributed by atoms with E-state index < -0.39 is 5.97 Å². The van der Waals surface area contributed by atoms with Gasteiger partial charge in [0.05, 0.1) is 0 Å². The monoisotopic (exact) mass is 254 g/mol. The normalized spacial score (nSPS) is 9.89. The summed E-state index contributed by atoms with van der Waals surface area (Å²) in [5.41, 5.74) is 0. The van der Waals surface area contributed by atoms with Crippen LogP contribution in [-0.2, 0) is 4.79 Å². The lowest BCUT2D eigenvalue weighted by Crippen LogP contribution is -1.82. The van der Waals surface area contributed by atoms with E-state index in [1.165, 1.54) is 57.8 Å². The predicted octanol–water partition coefficient (Wildman–Crippen LogP) is 5.35. The van der Waals surface area contributed by atoms with Crippen LogP contribution in [0.25, 0.3) is 0 Å². The molecule has 0 amide bonds. The second-order valence-electron chi connectivity index (χ2n) is 4.37. The molecule has 2 nitrogen and oxygen atoms in total. The molecule has 0 saturated carbocycles. The van der Waals surface area contributed by atoms with Crippen LogP contribution in [0.2, 0.25) is 0 Å². The number of unbranched alkanes of at least 4 members (excludes halogenated alkanes) is 8. The van der Waals surface area contributed by atoms with Crippen LogP contribution in [0.15, 0.2) is 24.8 Å². The molecule has 0 radical (unpaired) electrons. The summed E-state index contributed by atoms with van der Waals surface area (Å²) < 4.78 is 0. The molecule has 0 aromatic rings. The van der Waals surface area contributed by atoms with Crippen molar-refractivity contribution in [2.45, 2.75) is 71.6 Å². The molecule has 0 aromatic carbocycles. The van der Waals surface area contributed by atoms with E-state index in [2.05, 4.69) is 32.6 Å². The van der Waals surface area contributed by atoms with E-state index in [-0.39, 0.29) is 0 Å². The minimum Gasteiger partial charge on any atom is -0.478 e. The van der Waals surface area contributed by atoms with Crippen molar-refractivity contribution in [3.05, 3.63) is 24.8 Å². The maximum Gasteiger partial charge on any atom is 0.327 e. The maximum absolute atomic E-state index is 9.25. The zero-order valence-corrected chi connectivity index (χ0v) is 12.2. The third-order valence-corrected chi connectivity index (χ3v) is 2.63. The highest BCUT2D eigenvalue weighted by atomic mass is 16.4. The second-order valence-corrected chi connectivity index (χ2v) is 4.37. The molecule has 18 heavy (non-hydrogen) atoms. The van der Waals surface area contributed by atoms with Gasteiger partial charge in [0.15, 0.2) is 0 Å². The van der Waals surface area contributed by atoms with Gasteiger partial charge < -0.3 is 5.11 Å². The molecule has 0 spiro atoms. The molecule has 0 aliphatic heterocycles. The number of carboxylic acid groups (broad SMARTS) is 1. The number of aliphatic carboxylic acids is 1. The van der Waals surface area contributed by atoms with Gasteiger partial charge in [-0.3, -0.25) is 0 Å². The van der Waals surface area contributed by atoms with Gasteiger partial charge in [-0.25, -0.2) is 4.79 Å². The van der Waals surface area contributed by atoms with Crippen LogP contribution < -0.4 is 0 Å². The molecule has 0 bridgehead atoms. The largest absolute Gasteiger partial charge is 0.478 e. The van der Waals surface area contributed by atoms with Crippen LogP contribution in [0.3, 0.4) is 0 Å². The average Bonchev–Trinajstić information content (AvgIpc) is 2.37. The molecule has 0 aromatic heterocycles. The summed E-state index contributed by atoms with van der Waals surface area (Å²) in [5, 5.41) is 7.60. The van der Waals surface area contributed by atoms with Crippen molar-refractivity contribution in [1.29, 1.82) is 0 Å². The Kier molecular flexibility index (Phi) is 19.6. The summed E-state index contributed by atoms with van der Waals surface area (Å²) in [6.07, 6.45) is 18.0. The summed E-state index contributed by atoms with van der Waals surface area (Å²) >= 11 is 0. The van der Waals surface area contributed by atoms with E-state index >= 15 is 0 Å². The topological polar surface area (TPSA) is 37.3 Å². The van der Waals surface area contributed by atoms with Gasteiger partial charge >= 0.3 is 5.97 Å². The highest BCUT2D eigenvalue weighted by molar-refractivity contribution is 5.78. The summed E-state index contributed by atoms with van der Waals surface area (Å²) in [6, 6.07) is 0. The number of hydrogen-bond acceptors (Lipinski definition) is 1. The third-order valence-electron chi connectivity index (χ3n) is 2.63. The van der Waals surface area contributed by atoms with Gasteiger partial charge in [0.25, 0.3) is 0 Å². The van der Waals surface area contributed by atoms with Crippen LogP contribution in [0.4, 0.5) is 0 Å². The third kappa shape index (κ3) is 24.3. The zero-order chi connectivity index (χ0) is 14.1. The molecule has 0 aliphatic rings. The molecule has 1 N–H and O–H groups in total. The van der Waals surface area contributed by atoms with Crippen LogP contribution in [0.5, 0.6) is 0 Å². The lowest BCUT2D eigenvalue weighted by Gasteiger charge is -1.99. The Morgan fingerprint density at radius 2 is 1.50 bits per heavy atom. The first-order valence-corrected chi connectivity index (χ1v) is 7.15. The fourth-order valence-corrected chi connectivity index (χ4v) is 1.56. The fraction of sp³-hybridized carbons (Fsp3) is 0.688. The number of allylic oxidation sites excluding steroid dienone is 2. The summed E-state index contributed by atoms with van der Waals surface area (Å²) in [7, 11) is 0. The first-order valence-electron chi connectivity index (χ1n) is 7.15. The predicted molar refractivity (Wildman–Crippen MR) is 79.9 cm³/mol. The summed E-state index contributed by atoms with van der Waals surface area (Å²) in [5.74, 6) is -0.981. The molecule has 106 valence electrons. The van der Waals surface area contributed by atoms with E-state index in [0.29, 0.717) is 0 Å². The Hall–Kier alpha value is -1.05. The first-order chi connectivity index (χ1) is 8.68. The minimum atomic E-state index is -0.981. The molecule has 0 atom stereocenters. The smallest absolute Gasteiger partial charge is 0.327 e. The Labute approximate surface area is 113 Å². The first kappa shape index (κ1) is 19.3. The molecule has 0 heterocycles. The average molecular weight is 254 g/mol. The number of carbonyl (C=O) groups is 1. The molecule has 0 saturated heterocycles. The van der Waals surface area contributed by atoms with E-state index in [0.717, 1.165) is 6.08 Å². The van der Waals surface area contributed by atoms with E-state index in [9.17, 15) is 4.79 Å². The van der Waals surface area contributed by atoms with Gasteiger partial charge in [0.2, 0.25) is 0 Å². The summed E-state index contributed by atoms with van der Waals surface area (Å²) in [4.78, 5) is 9.25. The summed E-state index contributed by atoms with van der Waals surface area (Å²) in [6.45, 7) is 7.34. The van der Waals surface area contributed by atoms with Gasteiger partial charge in [-0.1, -0.05) is 70.6 Å². The van der Waals surface area contributed by atoms with E-state index in [4.69, 9.17) is 5.11 Å². The van der Waals surface area contributed by atoms with Crippen molar-refractivity contribution in [2.75, 3.05) is 0 Å². The Morgan fingerprint density at radius 1 is 1.06 bits per heavy atom. The second kappa shape index (κ2) is 18.3. The Morgan fingerprint density at radius 3 is 1.89 bits per heavy atom. The van der Waals surface area contributed by atoms with Crippen LogP contribution >= 0.6 is 0 Å². The van der Waals surface area contributed by atoms with Crippen LogP contribution in [0.1, 0.15) is 71.6 Å². The van der Waals surface area contributed by atoms with Crippen LogP contribution in [-0.4, -0.2) is 11.1 Å². The quantitative estimate of drug-likeness (QED) is 0.324. The molecule has 0 fully saturated rings. The van der Waals surface area contributed by atoms with Crippen molar-refractivity contribution < 1.29 is 9.90 Å². The zero-order valence-electron chi connectivity index (χ0n) is 12.2. The Balaban J connectivity index is 0. The number of carboxylic acids is 1. The number of rotatable bonds is 10. The molecule has 2 heteroatoms. The van der Waals surface area contributed by atoms with Gasteiger partial charge in [-0.15, -0.1) is 0 Å². The van der Waals surface area contributed by atoms with Gasteiger partial charge in [-0.05, 0) is 19.8 Å². The number of hydrogen-bond donors (Lipinski definition) is 1. The lowest BCUT2D eigenvalue weighted by atomic mass is 10.1. The Bertz CT molecular complexity index is 207. The molecular weight excluding hydrogens is 224 g/mol. The SMILES string of the molecule is C=CC(=O)O.CC=CCCCCCCCCCC. The maximum atomic E-state index is 9.25. The van der Waals surface area contributed by atoms with Gasteiger partial charge in [-0.2, -0.15) is 0 Å². The lowest BCUT2D eigenvalue weighted by molar-refractivity contribution is -0.131. The van der Waals surface area contributed by atoms with Crippen molar-refractivity contribution in [1.82, 2.24) is 0 Å². The highest BCUT2D eigenvalue weighted by Crippen LogP contribution is 2.09. The molecule has 0 aliphatic carbocycles. The van der Waals surface area contributed by atoms with Crippen molar-refractivity contribution in [3.63, 3.8) is 0 Å². The molecular formula is C16H30O2. The fourth-order valence-electron chi connectivity index (χ4n) is 1.56. The standard InChI is InChI=1S/C13H26.C3H4O2/c1-3-5-7-9-11-13-12-10-8-6-4-2;1-2-3(4)5/h3,5H,4,6-13H2,1-2H3;2H,1H2,(H,4,5). The van der Waals surface area contributed by atoms with E-state index in [1.54, 1.807) is 0 Å². The van der Waals surface area contributed by atoms with E-state index in [1.807, 2.05) is 0 Å². The van der Waals surface area contributed by atoms with Crippen molar-refractivity contribution in [2.24, 2.45) is 0 Å². The minimum absolute atomic E-state index is 0.833. The van der Waals surface area contributed by atoms with Gasteiger partial charge in [0, 0.05) is 6.08 Å².